The molecule has 4 heteroatoms. The van der Waals surface area contributed by atoms with E-state index in [0.717, 1.165) is 23.0 Å². The van der Waals surface area contributed by atoms with Crippen LogP contribution in [0.1, 0.15) is 13.3 Å². The summed E-state index contributed by atoms with van der Waals surface area (Å²) in [7, 11) is 1.81. The van der Waals surface area contributed by atoms with Crippen molar-refractivity contribution in [3.05, 3.63) is 29.3 Å². The summed E-state index contributed by atoms with van der Waals surface area (Å²) in [5, 5.41) is 2.87. The summed E-state index contributed by atoms with van der Waals surface area (Å²) in [6.07, 6.45) is 0.957. The van der Waals surface area contributed by atoms with Crippen LogP contribution in [-0.2, 0) is 0 Å². The van der Waals surface area contributed by atoms with Crippen LogP contribution in [0.15, 0.2) is 29.3 Å². The molecule has 1 aliphatic heterocycles. The minimum Gasteiger partial charge on any atom is -0.285 e. The van der Waals surface area contributed by atoms with Gasteiger partial charge in [-0.05, 0) is 31.2 Å². The van der Waals surface area contributed by atoms with E-state index in [0.29, 0.717) is 6.04 Å². The standard InChI is InChI=1S/C11H14ClN3/c1-8-7-11(13-2)14-15(8)10-5-3-9(12)4-6-10/h3-6,8H,7H2,1-2H3,(H,13,14). The van der Waals surface area contributed by atoms with Gasteiger partial charge in [0.1, 0.15) is 5.84 Å². The lowest BCUT2D eigenvalue weighted by atomic mass is 10.2. The smallest absolute Gasteiger partial charge is 0.117 e. The first kappa shape index (κ1) is 10.3. The van der Waals surface area contributed by atoms with E-state index in [-0.39, 0.29) is 0 Å². The summed E-state index contributed by atoms with van der Waals surface area (Å²) in [6.45, 7) is 2.17. The Kier molecular flexibility index (Phi) is 2.82. The van der Waals surface area contributed by atoms with Gasteiger partial charge in [0.2, 0.25) is 0 Å². The maximum absolute atomic E-state index is 5.85. The Bertz CT molecular complexity index is 372. The van der Waals surface area contributed by atoms with Gasteiger partial charge in [-0.2, -0.15) is 0 Å². The van der Waals surface area contributed by atoms with Gasteiger partial charge in [0.25, 0.3) is 0 Å². The van der Waals surface area contributed by atoms with E-state index in [1.807, 2.05) is 24.3 Å². The molecule has 1 heterocycles. The van der Waals surface area contributed by atoms with Crippen molar-refractivity contribution in [1.29, 1.82) is 0 Å². The molecule has 80 valence electrons. The molecule has 1 unspecified atom stereocenters. The molecule has 0 aromatic heterocycles. The SMILES string of the molecule is CN=C1CC(C)N(c2ccc(Cl)cc2)N1. The molecule has 0 amide bonds. The monoisotopic (exact) mass is 223 g/mol. The van der Waals surface area contributed by atoms with Crippen LogP contribution in [0.25, 0.3) is 0 Å². The van der Waals surface area contributed by atoms with Crippen LogP contribution in [0.4, 0.5) is 5.69 Å². The quantitative estimate of drug-likeness (QED) is 0.792. The molecule has 15 heavy (non-hydrogen) atoms. The predicted octanol–water partition coefficient (Wildman–Crippen LogP) is 2.47. The fraction of sp³-hybridized carbons (Fsp3) is 0.364. The average molecular weight is 224 g/mol. The Balaban J connectivity index is 2.21. The maximum atomic E-state index is 5.85. The van der Waals surface area contributed by atoms with Crippen LogP contribution in [-0.4, -0.2) is 18.9 Å². The highest BCUT2D eigenvalue weighted by atomic mass is 35.5. The largest absolute Gasteiger partial charge is 0.285 e. The van der Waals surface area contributed by atoms with Crippen LogP contribution >= 0.6 is 11.6 Å². The first-order valence-electron chi connectivity index (χ1n) is 4.98. The number of hydrogen-bond acceptors (Lipinski definition) is 2. The van der Waals surface area contributed by atoms with Crippen LogP contribution in [0.2, 0.25) is 5.02 Å². The van der Waals surface area contributed by atoms with Crippen LogP contribution in [0, 0.1) is 0 Å². The first-order chi connectivity index (χ1) is 7.20. The van der Waals surface area contributed by atoms with Gasteiger partial charge >= 0.3 is 0 Å². The molecule has 0 bridgehead atoms. The zero-order valence-corrected chi connectivity index (χ0v) is 9.62. The van der Waals surface area contributed by atoms with Crippen molar-refractivity contribution >= 4 is 23.1 Å². The number of aliphatic imine (C=N–C) groups is 1. The molecule has 1 atom stereocenters. The van der Waals surface area contributed by atoms with Gasteiger partial charge in [0.05, 0.1) is 11.7 Å². The molecule has 0 saturated carbocycles. The summed E-state index contributed by atoms with van der Waals surface area (Å²) in [5.41, 5.74) is 4.38. The van der Waals surface area contributed by atoms with Gasteiger partial charge in [-0.15, -0.1) is 0 Å². The number of anilines is 1. The molecule has 1 aromatic rings. The fourth-order valence-electron chi connectivity index (χ4n) is 1.73. The molecule has 1 aromatic carbocycles. The van der Waals surface area contributed by atoms with E-state index in [1.54, 1.807) is 7.05 Å². The Morgan fingerprint density at radius 1 is 1.40 bits per heavy atom. The van der Waals surface area contributed by atoms with E-state index in [1.165, 1.54) is 0 Å². The number of amidine groups is 1. The van der Waals surface area contributed by atoms with Gasteiger partial charge in [-0.3, -0.25) is 15.4 Å². The van der Waals surface area contributed by atoms with E-state index in [9.17, 15) is 0 Å². The molecule has 0 radical (unpaired) electrons. The third-order valence-corrected chi connectivity index (χ3v) is 2.81. The highest BCUT2D eigenvalue weighted by Gasteiger charge is 2.24. The first-order valence-corrected chi connectivity index (χ1v) is 5.35. The van der Waals surface area contributed by atoms with E-state index in [2.05, 4.69) is 22.4 Å². The van der Waals surface area contributed by atoms with Crippen molar-refractivity contribution in [1.82, 2.24) is 5.43 Å². The summed E-state index contributed by atoms with van der Waals surface area (Å²) in [4.78, 5) is 4.17. The van der Waals surface area contributed by atoms with E-state index >= 15 is 0 Å². The summed E-state index contributed by atoms with van der Waals surface area (Å²) in [5.74, 6) is 1.03. The Morgan fingerprint density at radius 3 is 2.60 bits per heavy atom. The zero-order chi connectivity index (χ0) is 10.8. The normalized spacial score (nSPS) is 23.3. The Morgan fingerprint density at radius 2 is 2.07 bits per heavy atom. The van der Waals surface area contributed by atoms with Crippen molar-refractivity contribution in [2.24, 2.45) is 4.99 Å². The molecule has 0 aliphatic carbocycles. The van der Waals surface area contributed by atoms with Gasteiger partial charge < -0.3 is 0 Å². The molecule has 1 aliphatic rings. The minimum absolute atomic E-state index is 0.421. The van der Waals surface area contributed by atoms with Crippen molar-refractivity contribution in [2.75, 3.05) is 12.1 Å². The number of hydrogen-bond donors (Lipinski definition) is 1. The third kappa shape index (κ3) is 2.07. The fourth-order valence-corrected chi connectivity index (χ4v) is 1.85. The van der Waals surface area contributed by atoms with Crippen molar-refractivity contribution in [2.45, 2.75) is 19.4 Å². The van der Waals surface area contributed by atoms with Gasteiger partial charge in [0.15, 0.2) is 0 Å². The Labute approximate surface area is 94.7 Å². The molecule has 1 saturated heterocycles. The average Bonchev–Trinajstić information content (AvgIpc) is 2.61. The van der Waals surface area contributed by atoms with Crippen LogP contribution < -0.4 is 10.4 Å². The topological polar surface area (TPSA) is 27.6 Å². The van der Waals surface area contributed by atoms with Gasteiger partial charge in [-0.25, -0.2) is 0 Å². The predicted molar refractivity (Wildman–Crippen MR) is 64.5 cm³/mol. The summed E-state index contributed by atoms with van der Waals surface area (Å²) in [6, 6.07) is 8.22. The van der Waals surface area contributed by atoms with Crippen molar-refractivity contribution < 1.29 is 0 Å². The number of benzene rings is 1. The highest BCUT2D eigenvalue weighted by molar-refractivity contribution is 6.30. The second-order valence-electron chi connectivity index (χ2n) is 3.68. The molecular formula is C11H14ClN3. The van der Waals surface area contributed by atoms with Crippen LogP contribution in [0.3, 0.4) is 0 Å². The van der Waals surface area contributed by atoms with Crippen molar-refractivity contribution in [3.63, 3.8) is 0 Å². The molecule has 1 N–H and O–H groups in total. The number of hydrazine groups is 1. The number of rotatable bonds is 1. The second kappa shape index (κ2) is 4.11. The van der Waals surface area contributed by atoms with Gasteiger partial charge in [0, 0.05) is 18.5 Å². The molecule has 1 fully saturated rings. The maximum Gasteiger partial charge on any atom is 0.117 e. The van der Waals surface area contributed by atoms with E-state index in [4.69, 9.17) is 11.6 Å². The summed E-state index contributed by atoms with van der Waals surface area (Å²) < 4.78 is 0. The lowest BCUT2D eigenvalue weighted by molar-refractivity contribution is 0.700. The molecular weight excluding hydrogens is 210 g/mol. The third-order valence-electron chi connectivity index (χ3n) is 2.55. The Hall–Kier alpha value is -1.22. The van der Waals surface area contributed by atoms with Gasteiger partial charge in [-0.1, -0.05) is 11.6 Å². The zero-order valence-electron chi connectivity index (χ0n) is 8.87. The molecule has 2 rings (SSSR count). The number of nitrogens with one attached hydrogen (secondary N) is 1. The lowest BCUT2D eigenvalue weighted by Gasteiger charge is -2.22. The number of halogens is 1. The van der Waals surface area contributed by atoms with Crippen molar-refractivity contribution in [3.8, 4) is 0 Å². The minimum atomic E-state index is 0.421. The van der Waals surface area contributed by atoms with Crippen LogP contribution in [0.5, 0.6) is 0 Å². The highest BCUT2D eigenvalue weighted by Crippen LogP contribution is 2.22. The molecule has 0 spiro atoms. The summed E-state index contributed by atoms with van der Waals surface area (Å²) >= 11 is 5.85. The number of nitrogens with zero attached hydrogens (tertiary/aromatic N) is 2. The lowest BCUT2D eigenvalue weighted by Crippen LogP contribution is -2.37. The van der Waals surface area contributed by atoms with E-state index < -0.39 is 0 Å². The second-order valence-corrected chi connectivity index (χ2v) is 4.12. The molecule has 3 nitrogen and oxygen atoms in total.